The first-order valence-electron chi connectivity index (χ1n) is 8.85. The Morgan fingerprint density at radius 2 is 2.17 bits per heavy atom. The van der Waals surface area contributed by atoms with Crippen LogP contribution in [0.1, 0.15) is 26.5 Å². The lowest BCUT2D eigenvalue weighted by atomic mass is 10.2. The molecule has 0 radical (unpaired) electrons. The lowest BCUT2D eigenvalue weighted by Crippen LogP contribution is -2.35. The number of fused-ring (bicyclic) bond motifs is 1. The lowest BCUT2D eigenvalue weighted by molar-refractivity contribution is 0.102. The number of carbonyl (C=O) groups excluding carboxylic acids is 1. The number of sulfonamides is 1. The van der Waals surface area contributed by atoms with Gasteiger partial charge in [0.15, 0.2) is 5.13 Å². The predicted molar refractivity (Wildman–Crippen MR) is 108 cm³/mol. The van der Waals surface area contributed by atoms with Crippen molar-refractivity contribution in [3.8, 4) is 5.75 Å². The summed E-state index contributed by atoms with van der Waals surface area (Å²) in [4.78, 5) is 17.6. The van der Waals surface area contributed by atoms with Crippen LogP contribution >= 0.6 is 11.3 Å². The van der Waals surface area contributed by atoms with Crippen molar-refractivity contribution in [2.75, 3.05) is 19.0 Å². The van der Waals surface area contributed by atoms with Crippen LogP contribution in [0.4, 0.5) is 5.13 Å². The van der Waals surface area contributed by atoms with Gasteiger partial charge in [0.2, 0.25) is 10.0 Å². The molecule has 10 heteroatoms. The van der Waals surface area contributed by atoms with E-state index in [0.717, 1.165) is 16.1 Å². The number of hydrogen-bond acceptors (Lipinski definition) is 7. The van der Waals surface area contributed by atoms with Crippen molar-refractivity contribution in [3.05, 3.63) is 58.5 Å². The molecule has 1 aliphatic rings. The molecule has 3 aromatic rings. The maximum atomic E-state index is 13.2. The number of furan rings is 1. The molecule has 1 amide bonds. The fourth-order valence-corrected chi connectivity index (χ4v) is 5.87. The van der Waals surface area contributed by atoms with Crippen LogP contribution in [0.25, 0.3) is 0 Å². The summed E-state index contributed by atoms with van der Waals surface area (Å²) >= 11 is 1.28. The molecular weight excluding hydrogens is 414 g/mol. The number of amides is 1. The third kappa shape index (κ3) is 3.78. The maximum Gasteiger partial charge on any atom is 0.260 e. The molecule has 152 valence electrons. The molecule has 1 N–H and O–H groups in total. The Balaban J connectivity index is 1.57. The summed E-state index contributed by atoms with van der Waals surface area (Å²) < 4.78 is 38.0. The highest BCUT2D eigenvalue weighted by atomic mass is 32.2. The minimum absolute atomic E-state index is 0.154. The third-order valence-electron chi connectivity index (χ3n) is 4.64. The minimum atomic E-state index is -3.73. The van der Waals surface area contributed by atoms with Gasteiger partial charge in [0.05, 0.1) is 31.2 Å². The Labute approximate surface area is 172 Å². The smallest absolute Gasteiger partial charge is 0.260 e. The number of aryl methyl sites for hydroxylation is 1. The predicted octanol–water partition coefficient (Wildman–Crippen LogP) is 3.05. The molecule has 8 nitrogen and oxygen atoms in total. The van der Waals surface area contributed by atoms with E-state index in [-0.39, 0.29) is 17.3 Å². The highest BCUT2D eigenvalue weighted by Gasteiger charge is 2.32. The van der Waals surface area contributed by atoms with Crippen LogP contribution in [0.3, 0.4) is 0 Å². The van der Waals surface area contributed by atoms with Crippen molar-refractivity contribution in [2.24, 2.45) is 0 Å². The number of benzene rings is 1. The molecule has 4 rings (SSSR count). The van der Waals surface area contributed by atoms with E-state index in [9.17, 15) is 13.2 Å². The van der Waals surface area contributed by atoms with E-state index < -0.39 is 10.0 Å². The van der Waals surface area contributed by atoms with Crippen LogP contribution in [-0.2, 0) is 23.0 Å². The molecule has 0 unspecified atom stereocenters. The normalized spacial score (nSPS) is 14.4. The van der Waals surface area contributed by atoms with Crippen LogP contribution in [-0.4, -0.2) is 37.3 Å². The quantitative estimate of drug-likeness (QED) is 0.664. The summed E-state index contributed by atoms with van der Waals surface area (Å²) in [5, 5.41) is 3.17. The summed E-state index contributed by atoms with van der Waals surface area (Å²) in [5.74, 6) is -0.00223. The van der Waals surface area contributed by atoms with Crippen molar-refractivity contribution in [2.45, 2.75) is 24.8 Å². The standard InChI is InChI=1S/C19H19N3O5S2/c1-12-3-4-15(26-2)17(9-12)29(24,25)22-7-5-14-16(10-22)28-19(20-14)21-18(23)13-6-8-27-11-13/h3-4,6,8-9,11H,5,7,10H2,1-2H3,(H,20,21,23). The second-order valence-corrected chi connectivity index (χ2v) is 9.59. The van der Waals surface area contributed by atoms with E-state index >= 15 is 0 Å². The molecule has 0 aliphatic carbocycles. The van der Waals surface area contributed by atoms with Crippen LogP contribution in [0.15, 0.2) is 46.1 Å². The van der Waals surface area contributed by atoms with Crippen molar-refractivity contribution in [3.63, 3.8) is 0 Å². The summed E-state index contributed by atoms with van der Waals surface area (Å²) in [5.41, 5.74) is 2.04. The van der Waals surface area contributed by atoms with E-state index in [2.05, 4.69) is 10.3 Å². The van der Waals surface area contributed by atoms with Gasteiger partial charge in [0, 0.05) is 17.8 Å². The molecule has 3 heterocycles. The number of hydrogen-bond donors (Lipinski definition) is 1. The monoisotopic (exact) mass is 433 g/mol. The Morgan fingerprint density at radius 1 is 1.34 bits per heavy atom. The highest BCUT2D eigenvalue weighted by molar-refractivity contribution is 7.89. The number of methoxy groups -OCH3 is 1. The number of anilines is 1. The Morgan fingerprint density at radius 3 is 2.90 bits per heavy atom. The average Bonchev–Trinajstić information content (AvgIpc) is 3.36. The lowest BCUT2D eigenvalue weighted by Gasteiger charge is -2.26. The summed E-state index contributed by atoms with van der Waals surface area (Å²) in [7, 11) is -2.28. The van der Waals surface area contributed by atoms with Gasteiger partial charge in [0.1, 0.15) is 16.9 Å². The second-order valence-electron chi connectivity index (χ2n) is 6.60. The Hall–Kier alpha value is -2.69. The Kier molecular flexibility index (Phi) is 5.15. The number of nitrogens with zero attached hydrogens (tertiary/aromatic N) is 2. The molecule has 29 heavy (non-hydrogen) atoms. The van der Waals surface area contributed by atoms with E-state index in [0.29, 0.717) is 29.4 Å². The van der Waals surface area contributed by atoms with Gasteiger partial charge in [-0.3, -0.25) is 10.1 Å². The van der Waals surface area contributed by atoms with E-state index in [1.165, 1.54) is 35.3 Å². The largest absolute Gasteiger partial charge is 0.495 e. The van der Waals surface area contributed by atoms with Gasteiger partial charge in [0.25, 0.3) is 5.91 Å². The maximum absolute atomic E-state index is 13.2. The zero-order valence-corrected chi connectivity index (χ0v) is 17.5. The fraction of sp³-hybridized carbons (Fsp3) is 0.263. The van der Waals surface area contributed by atoms with Gasteiger partial charge in [-0.15, -0.1) is 11.3 Å². The summed E-state index contributed by atoms with van der Waals surface area (Å²) in [6.07, 6.45) is 3.25. The van der Waals surface area contributed by atoms with Gasteiger partial charge in [-0.2, -0.15) is 4.31 Å². The molecule has 0 bridgehead atoms. The molecular formula is C19H19N3O5S2. The molecule has 0 spiro atoms. The average molecular weight is 434 g/mol. The van der Waals surface area contributed by atoms with E-state index in [1.807, 2.05) is 13.0 Å². The number of carbonyl (C=O) groups is 1. The highest BCUT2D eigenvalue weighted by Crippen LogP contribution is 2.34. The van der Waals surface area contributed by atoms with Crippen molar-refractivity contribution >= 4 is 32.4 Å². The molecule has 1 aromatic carbocycles. The van der Waals surface area contributed by atoms with Gasteiger partial charge in [-0.25, -0.2) is 13.4 Å². The fourth-order valence-electron chi connectivity index (χ4n) is 3.12. The molecule has 0 saturated heterocycles. The molecule has 2 aromatic heterocycles. The third-order valence-corrected chi connectivity index (χ3v) is 7.50. The number of nitrogens with one attached hydrogen (secondary N) is 1. The number of rotatable bonds is 5. The zero-order valence-electron chi connectivity index (χ0n) is 15.8. The van der Waals surface area contributed by atoms with E-state index in [1.54, 1.807) is 18.2 Å². The van der Waals surface area contributed by atoms with Crippen LogP contribution in [0.5, 0.6) is 5.75 Å². The number of aromatic nitrogens is 1. The minimum Gasteiger partial charge on any atom is -0.495 e. The zero-order chi connectivity index (χ0) is 20.6. The molecule has 0 fully saturated rings. The van der Waals surface area contributed by atoms with E-state index in [4.69, 9.17) is 9.15 Å². The first kappa shape index (κ1) is 19.6. The first-order valence-corrected chi connectivity index (χ1v) is 11.1. The van der Waals surface area contributed by atoms with Gasteiger partial charge in [-0.05, 0) is 30.7 Å². The van der Waals surface area contributed by atoms with Crippen molar-refractivity contribution < 1.29 is 22.4 Å². The van der Waals surface area contributed by atoms with Gasteiger partial charge < -0.3 is 9.15 Å². The second kappa shape index (κ2) is 7.62. The number of thiazole rings is 1. The van der Waals surface area contributed by atoms with Crippen LogP contribution in [0.2, 0.25) is 0 Å². The molecule has 1 aliphatic heterocycles. The molecule has 0 atom stereocenters. The van der Waals surface area contributed by atoms with Crippen LogP contribution in [0, 0.1) is 6.92 Å². The molecule has 0 saturated carbocycles. The Bertz CT molecular complexity index is 1150. The van der Waals surface area contributed by atoms with Crippen molar-refractivity contribution in [1.29, 1.82) is 0 Å². The van der Waals surface area contributed by atoms with Crippen LogP contribution < -0.4 is 10.1 Å². The van der Waals surface area contributed by atoms with Gasteiger partial charge in [-0.1, -0.05) is 6.07 Å². The number of ether oxygens (including phenoxy) is 1. The summed E-state index contributed by atoms with van der Waals surface area (Å²) in [6, 6.07) is 6.65. The van der Waals surface area contributed by atoms with Crippen molar-refractivity contribution in [1.82, 2.24) is 9.29 Å². The van der Waals surface area contributed by atoms with Gasteiger partial charge >= 0.3 is 0 Å². The summed E-state index contributed by atoms with van der Waals surface area (Å²) in [6.45, 7) is 2.35. The topological polar surface area (TPSA) is 102 Å². The SMILES string of the molecule is COc1ccc(C)cc1S(=O)(=O)N1CCc2nc(NC(=O)c3ccoc3)sc2C1. The first-order chi connectivity index (χ1) is 13.9.